The molecule has 7 heteroatoms. The Kier molecular flexibility index (Phi) is 2.97. The lowest BCUT2D eigenvalue weighted by Gasteiger charge is -1.93. The average Bonchev–Trinajstić information content (AvgIpc) is 2.85. The van der Waals surface area contributed by atoms with Crippen LogP contribution in [0.4, 0.5) is 0 Å². The molecule has 0 aliphatic heterocycles. The third kappa shape index (κ3) is 2.45. The van der Waals surface area contributed by atoms with Crippen molar-refractivity contribution in [3.05, 3.63) is 24.2 Å². The highest BCUT2D eigenvalue weighted by molar-refractivity contribution is 5.67. The molecule has 1 N–H and O–H groups in total. The van der Waals surface area contributed by atoms with E-state index < -0.39 is 12.6 Å². The molecule has 0 atom stereocenters. The van der Waals surface area contributed by atoms with E-state index in [9.17, 15) is 4.79 Å². The second-order valence-electron chi connectivity index (χ2n) is 2.88. The van der Waals surface area contributed by atoms with Crippen LogP contribution in [0.1, 0.15) is 5.82 Å². The molecule has 84 valence electrons. The predicted octanol–water partition coefficient (Wildman–Crippen LogP) is 0.931. The smallest absolute Gasteiger partial charge is 0.329 e. The number of ether oxygens (including phenoxy) is 1. The Labute approximate surface area is 89.6 Å². The van der Waals surface area contributed by atoms with Gasteiger partial charge in [0.05, 0.1) is 6.26 Å². The molecular weight excluding hydrogens is 216 g/mol. The Balaban J connectivity index is 1.95. The van der Waals surface area contributed by atoms with Gasteiger partial charge in [-0.3, -0.25) is 0 Å². The number of carboxylic acids is 1. The zero-order valence-electron chi connectivity index (χ0n) is 8.12. The van der Waals surface area contributed by atoms with Crippen molar-refractivity contribution in [3.8, 4) is 11.7 Å². The number of hydrogen-bond donors (Lipinski definition) is 1. The molecule has 7 nitrogen and oxygen atoms in total. The van der Waals surface area contributed by atoms with Gasteiger partial charge in [-0.1, -0.05) is 5.16 Å². The van der Waals surface area contributed by atoms with Crippen molar-refractivity contribution in [2.24, 2.45) is 0 Å². The number of nitrogens with zero attached hydrogens (tertiary/aromatic N) is 2. The van der Waals surface area contributed by atoms with Gasteiger partial charge in [0.1, 0.15) is 13.2 Å². The summed E-state index contributed by atoms with van der Waals surface area (Å²) in [7, 11) is 0. The molecule has 2 heterocycles. The van der Waals surface area contributed by atoms with E-state index >= 15 is 0 Å². The first-order chi connectivity index (χ1) is 7.75. The number of rotatable bonds is 5. The zero-order chi connectivity index (χ0) is 11.4. The quantitative estimate of drug-likeness (QED) is 0.806. The van der Waals surface area contributed by atoms with E-state index in [1.54, 1.807) is 12.1 Å². The van der Waals surface area contributed by atoms with Gasteiger partial charge in [-0.25, -0.2) is 4.79 Å². The minimum Gasteiger partial charge on any atom is -0.480 e. The number of aromatic nitrogens is 2. The van der Waals surface area contributed by atoms with Crippen LogP contribution in [-0.2, 0) is 16.1 Å². The van der Waals surface area contributed by atoms with Crippen LogP contribution >= 0.6 is 0 Å². The van der Waals surface area contributed by atoms with Gasteiger partial charge in [0, 0.05) is 0 Å². The van der Waals surface area contributed by atoms with Crippen molar-refractivity contribution in [3.63, 3.8) is 0 Å². The first-order valence-corrected chi connectivity index (χ1v) is 4.41. The van der Waals surface area contributed by atoms with Gasteiger partial charge in [0.25, 0.3) is 5.89 Å². The fraction of sp³-hybridized carbons (Fsp3) is 0.222. The van der Waals surface area contributed by atoms with Gasteiger partial charge in [0.2, 0.25) is 0 Å². The van der Waals surface area contributed by atoms with Crippen molar-refractivity contribution in [2.75, 3.05) is 6.61 Å². The maximum Gasteiger partial charge on any atom is 0.329 e. The molecule has 0 saturated carbocycles. The molecule has 0 aliphatic carbocycles. The number of carbonyl (C=O) groups is 1. The molecule has 16 heavy (non-hydrogen) atoms. The Hall–Kier alpha value is -2.15. The monoisotopic (exact) mass is 224 g/mol. The first-order valence-electron chi connectivity index (χ1n) is 4.41. The predicted molar refractivity (Wildman–Crippen MR) is 49.3 cm³/mol. The normalized spacial score (nSPS) is 10.5. The summed E-state index contributed by atoms with van der Waals surface area (Å²) in [5.74, 6) is -0.0849. The van der Waals surface area contributed by atoms with Gasteiger partial charge in [0.15, 0.2) is 11.6 Å². The van der Waals surface area contributed by atoms with E-state index in [0.29, 0.717) is 5.76 Å². The summed E-state index contributed by atoms with van der Waals surface area (Å²) in [6.45, 7) is -0.416. The lowest BCUT2D eigenvalue weighted by molar-refractivity contribution is -0.142. The summed E-state index contributed by atoms with van der Waals surface area (Å²) in [5, 5.41) is 11.9. The van der Waals surface area contributed by atoms with E-state index in [0.717, 1.165) is 0 Å². The average molecular weight is 224 g/mol. The highest BCUT2D eigenvalue weighted by atomic mass is 16.5. The summed E-state index contributed by atoms with van der Waals surface area (Å²) >= 11 is 0. The third-order valence-corrected chi connectivity index (χ3v) is 1.66. The second-order valence-corrected chi connectivity index (χ2v) is 2.88. The topological polar surface area (TPSA) is 98.6 Å². The molecule has 0 aromatic carbocycles. The number of carboxylic acid groups (broad SMARTS) is 1. The van der Waals surface area contributed by atoms with Crippen LogP contribution in [-0.4, -0.2) is 27.8 Å². The summed E-state index contributed by atoms with van der Waals surface area (Å²) in [6.07, 6.45) is 1.49. The van der Waals surface area contributed by atoms with Gasteiger partial charge < -0.3 is 18.8 Å². The second kappa shape index (κ2) is 4.58. The van der Waals surface area contributed by atoms with Crippen molar-refractivity contribution >= 4 is 5.97 Å². The Morgan fingerprint density at radius 3 is 3.12 bits per heavy atom. The minimum atomic E-state index is -1.05. The van der Waals surface area contributed by atoms with Crippen LogP contribution in [0.25, 0.3) is 11.7 Å². The molecule has 2 rings (SSSR count). The van der Waals surface area contributed by atoms with Crippen LogP contribution in [0.3, 0.4) is 0 Å². The van der Waals surface area contributed by atoms with Crippen molar-refractivity contribution in [1.29, 1.82) is 0 Å². The summed E-state index contributed by atoms with van der Waals surface area (Å²) in [6, 6.07) is 3.37. The van der Waals surface area contributed by atoms with E-state index in [1.165, 1.54) is 6.26 Å². The highest BCUT2D eigenvalue weighted by Gasteiger charge is 2.11. The molecule has 2 aromatic rings. The Morgan fingerprint density at radius 1 is 1.56 bits per heavy atom. The fourth-order valence-corrected chi connectivity index (χ4v) is 1.04. The SMILES string of the molecule is O=C(O)COCc1noc(-c2ccco2)n1. The molecule has 0 saturated heterocycles. The summed E-state index contributed by atoms with van der Waals surface area (Å²) in [5.41, 5.74) is 0. The highest BCUT2D eigenvalue weighted by Crippen LogP contribution is 2.16. The molecular formula is C9H8N2O5. The molecule has 0 spiro atoms. The largest absolute Gasteiger partial charge is 0.480 e. The van der Waals surface area contributed by atoms with Gasteiger partial charge in [-0.2, -0.15) is 4.98 Å². The summed E-state index contributed by atoms with van der Waals surface area (Å²) in [4.78, 5) is 14.1. The van der Waals surface area contributed by atoms with Crippen LogP contribution in [0.15, 0.2) is 27.3 Å². The zero-order valence-corrected chi connectivity index (χ0v) is 8.12. The molecule has 0 amide bonds. The third-order valence-electron chi connectivity index (χ3n) is 1.66. The van der Waals surface area contributed by atoms with Crippen LogP contribution in [0, 0.1) is 0 Å². The summed E-state index contributed by atoms with van der Waals surface area (Å²) < 4.78 is 14.7. The molecule has 0 unspecified atom stereocenters. The number of furan rings is 1. The minimum absolute atomic E-state index is 0.0174. The maximum absolute atomic E-state index is 10.2. The lowest BCUT2D eigenvalue weighted by Crippen LogP contribution is -2.07. The lowest BCUT2D eigenvalue weighted by atomic mass is 10.4. The van der Waals surface area contributed by atoms with Crippen LogP contribution in [0.5, 0.6) is 0 Å². The fourth-order valence-electron chi connectivity index (χ4n) is 1.04. The van der Waals surface area contributed by atoms with E-state index in [2.05, 4.69) is 10.1 Å². The molecule has 0 bridgehead atoms. The number of hydrogen-bond acceptors (Lipinski definition) is 6. The van der Waals surface area contributed by atoms with E-state index in [-0.39, 0.29) is 18.3 Å². The van der Waals surface area contributed by atoms with E-state index in [1.807, 2.05) is 0 Å². The van der Waals surface area contributed by atoms with Gasteiger partial charge in [-0.15, -0.1) is 0 Å². The van der Waals surface area contributed by atoms with Crippen LogP contribution < -0.4 is 0 Å². The molecule has 2 aromatic heterocycles. The van der Waals surface area contributed by atoms with Gasteiger partial charge >= 0.3 is 5.97 Å². The van der Waals surface area contributed by atoms with Gasteiger partial charge in [-0.05, 0) is 12.1 Å². The maximum atomic E-state index is 10.2. The van der Waals surface area contributed by atoms with Crippen LogP contribution in [0.2, 0.25) is 0 Å². The van der Waals surface area contributed by atoms with E-state index in [4.69, 9.17) is 18.8 Å². The van der Waals surface area contributed by atoms with Crippen molar-refractivity contribution in [1.82, 2.24) is 10.1 Å². The van der Waals surface area contributed by atoms with Crippen molar-refractivity contribution in [2.45, 2.75) is 6.61 Å². The molecule has 0 fully saturated rings. The number of aliphatic carboxylic acids is 1. The first kappa shape index (κ1) is 10.4. The Morgan fingerprint density at radius 2 is 2.44 bits per heavy atom. The molecule has 0 radical (unpaired) electrons. The van der Waals surface area contributed by atoms with Crippen molar-refractivity contribution < 1.29 is 23.6 Å². The molecule has 0 aliphatic rings. The Bertz CT molecular complexity index is 462. The standard InChI is InChI=1S/C9H8N2O5/c12-8(13)5-14-4-7-10-9(16-11-7)6-2-1-3-15-6/h1-3H,4-5H2,(H,12,13).